The number of hydrazone groups is 1. The number of amides is 1. The lowest BCUT2D eigenvalue weighted by Crippen LogP contribution is -2.17. The van der Waals surface area contributed by atoms with E-state index in [1.165, 1.54) is 0 Å². The molecule has 0 saturated carbocycles. The number of hydrogen-bond donors (Lipinski definition) is 2. The Balaban J connectivity index is 1.30. The second kappa shape index (κ2) is 8.91. The van der Waals surface area contributed by atoms with E-state index in [1.54, 1.807) is 37.6 Å². The van der Waals surface area contributed by atoms with Gasteiger partial charge in [0.05, 0.1) is 24.4 Å². The third-order valence-electron chi connectivity index (χ3n) is 4.43. The quantitative estimate of drug-likeness (QED) is 0.364. The van der Waals surface area contributed by atoms with Gasteiger partial charge in [-0.1, -0.05) is 12.1 Å². The molecule has 4 aromatic rings. The fraction of sp³-hybridized carbons (Fsp3) is 0.0870. The topological polar surface area (TPSA) is 88.6 Å². The number of carbonyl (C=O) groups excluding carboxylic acids is 1. The summed E-state index contributed by atoms with van der Waals surface area (Å²) < 4.78 is 10.9. The SMILES string of the molecule is COc1ccc(/C=N/NC(=O)c2ccc(OCc3nc4ccccc4[nH]3)cc2)cc1. The summed E-state index contributed by atoms with van der Waals surface area (Å²) in [6, 6.07) is 22.0. The van der Waals surface area contributed by atoms with Gasteiger partial charge in [-0.15, -0.1) is 0 Å². The molecule has 0 spiro atoms. The number of rotatable bonds is 7. The van der Waals surface area contributed by atoms with Crippen LogP contribution in [-0.4, -0.2) is 29.2 Å². The number of carbonyl (C=O) groups is 1. The standard InChI is InChI=1S/C23H20N4O3/c1-29-18-10-6-16(7-11-18)14-24-27-23(28)17-8-12-19(13-9-17)30-15-22-25-20-4-2-3-5-21(20)26-22/h2-14H,15H2,1H3,(H,25,26)(H,27,28)/b24-14+. The van der Waals surface area contributed by atoms with Crippen molar-refractivity contribution in [2.24, 2.45) is 5.10 Å². The van der Waals surface area contributed by atoms with Gasteiger partial charge in [0.25, 0.3) is 5.91 Å². The molecule has 4 rings (SSSR count). The van der Waals surface area contributed by atoms with Gasteiger partial charge in [-0.3, -0.25) is 4.79 Å². The number of methoxy groups -OCH3 is 1. The highest BCUT2D eigenvalue weighted by Crippen LogP contribution is 2.16. The summed E-state index contributed by atoms with van der Waals surface area (Å²) in [7, 11) is 1.61. The lowest BCUT2D eigenvalue weighted by Gasteiger charge is -2.05. The van der Waals surface area contributed by atoms with Crippen molar-refractivity contribution in [2.45, 2.75) is 6.61 Å². The number of fused-ring (bicyclic) bond motifs is 1. The zero-order valence-electron chi connectivity index (χ0n) is 16.3. The fourth-order valence-electron chi connectivity index (χ4n) is 2.85. The molecule has 1 aromatic heterocycles. The van der Waals surface area contributed by atoms with Crippen molar-refractivity contribution < 1.29 is 14.3 Å². The van der Waals surface area contributed by atoms with E-state index < -0.39 is 0 Å². The molecule has 0 saturated heterocycles. The smallest absolute Gasteiger partial charge is 0.271 e. The Bertz CT molecular complexity index is 1130. The molecule has 0 aliphatic rings. The van der Waals surface area contributed by atoms with Crippen LogP contribution in [0.1, 0.15) is 21.7 Å². The average Bonchev–Trinajstić information content (AvgIpc) is 3.21. The molecule has 0 fully saturated rings. The summed E-state index contributed by atoms with van der Waals surface area (Å²) in [6.07, 6.45) is 1.57. The summed E-state index contributed by atoms with van der Waals surface area (Å²) in [5.41, 5.74) is 5.72. The van der Waals surface area contributed by atoms with Crippen LogP contribution in [0.5, 0.6) is 11.5 Å². The maximum absolute atomic E-state index is 12.2. The molecular formula is C23H20N4O3. The summed E-state index contributed by atoms with van der Waals surface area (Å²) in [5.74, 6) is 1.85. The molecule has 0 atom stereocenters. The summed E-state index contributed by atoms with van der Waals surface area (Å²) in [6.45, 7) is 0.312. The molecule has 1 heterocycles. The van der Waals surface area contributed by atoms with Crippen LogP contribution < -0.4 is 14.9 Å². The number of para-hydroxylation sites is 2. The molecule has 0 aliphatic carbocycles. The summed E-state index contributed by atoms with van der Waals surface area (Å²) >= 11 is 0. The number of nitrogens with one attached hydrogen (secondary N) is 2. The molecule has 7 heteroatoms. The highest BCUT2D eigenvalue weighted by molar-refractivity contribution is 5.95. The van der Waals surface area contributed by atoms with E-state index in [0.29, 0.717) is 17.9 Å². The van der Waals surface area contributed by atoms with Crippen LogP contribution in [0.3, 0.4) is 0 Å². The van der Waals surface area contributed by atoms with Gasteiger partial charge in [-0.05, 0) is 66.2 Å². The van der Waals surface area contributed by atoms with Gasteiger partial charge in [-0.25, -0.2) is 10.4 Å². The van der Waals surface area contributed by atoms with Gasteiger partial charge < -0.3 is 14.5 Å². The number of aromatic nitrogens is 2. The Morgan fingerprint density at radius 1 is 1.03 bits per heavy atom. The van der Waals surface area contributed by atoms with Crippen LogP contribution in [0.2, 0.25) is 0 Å². The minimum atomic E-state index is -0.302. The second-order valence-corrected chi connectivity index (χ2v) is 6.49. The third kappa shape index (κ3) is 4.64. The first-order valence-corrected chi connectivity index (χ1v) is 9.35. The van der Waals surface area contributed by atoms with Crippen LogP contribution in [0.4, 0.5) is 0 Å². The maximum Gasteiger partial charge on any atom is 0.271 e. The van der Waals surface area contributed by atoms with Crippen molar-refractivity contribution >= 4 is 23.2 Å². The molecule has 3 aromatic carbocycles. The monoisotopic (exact) mass is 400 g/mol. The minimum Gasteiger partial charge on any atom is -0.497 e. The Morgan fingerprint density at radius 2 is 1.77 bits per heavy atom. The third-order valence-corrected chi connectivity index (χ3v) is 4.43. The number of imidazole rings is 1. The Kier molecular flexibility index (Phi) is 5.70. The normalized spacial score (nSPS) is 11.0. The van der Waals surface area contributed by atoms with Gasteiger partial charge in [0.2, 0.25) is 0 Å². The van der Waals surface area contributed by atoms with E-state index in [4.69, 9.17) is 9.47 Å². The Labute approximate surface area is 173 Å². The van der Waals surface area contributed by atoms with Gasteiger partial charge in [0.15, 0.2) is 0 Å². The first-order valence-electron chi connectivity index (χ1n) is 9.35. The van der Waals surface area contributed by atoms with Crippen LogP contribution in [-0.2, 0) is 6.61 Å². The predicted molar refractivity (Wildman–Crippen MR) is 115 cm³/mol. The minimum absolute atomic E-state index is 0.302. The number of benzene rings is 3. The first kappa shape index (κ1) is 19.2. The van der Waals surface area contributed by atoms with Gasteiger partial charge in [0, 0.05) is 5.56 Å². The molecule has 7 nitrogen and oxygen atoms in total. The van der Waals surface area contributed by atoms with E-state index >= 15 is 0 Å². The molecule has 150 valence electrons. The van der Waals surface area contributed by atoms with Crippen molar-refractivity contribution in [1.29, 1.82) is 0 Å². The molecule has 30 heavy (non-hydrogen) atoms. The van der Waals surface area contributed by atoms with E-state index in [1.807, 2.05) is 48.5 Å². The Hall–Kier alpha value is -4.13. The molecule has 2 N–H and O–H groups in total. The molecular weight excluding hydrogens is 380 g/mol. The number of aromatic amines is 1. The molecule has 0 bridgehead atoms. The molecule has 1 amide bonds. The van der Waals surface area contributed by atoms with Crippen LogP contribution in [0.25, 0.3) is 11.0 Å². The van der Waals surface area contributed by atoms with E-state index in [9.17, 15) is 4.79 Å². The van der Waals surface area contributed by atoms with Crippen molar-refractivity contribution in [2.75, 3.05) is 7.11 Å². The average molecular weight is 400 g/mol. The van der Waals surface area contributed by atoms with Crippen molar-refractivity contribution in [1.82, 2.24) is 15.4 Å². The highest BCUT2D eigenvalue weighted by atomic mass is 16.5. The summed E-state index contributed by atoms with van der Waals surface area (Å²) in [4.78, 5) is 19.9. The van der Waals surface area contributed by atoms with Gasteiger partial charge >= 0.3 is 0 Å². The van der Waals surface area contributed by atoms with Crippen LogP contribution in [0, 0.1) is 0 Å². The number of hydrogen-bond acceptors (Lipinski definition) is 5. The fourth-order valence-corrected chi connectivity index (χ4v) is 2.85. The number of H-pyrrole nitrogens is 1. The molecule has 0 radical (unpaired) electrons. The van der Waals surface area contributed by atoms with E-state index in [2.05, 4.69) is 20.5 Å². The van der Waals surface area contributed by atoms with Crippen LogP contribution >= 0.6 is 0 Å². The summed E-state index contributed by atoms with van der Waals surface area (Å²) in [5, 5.41) is 3.98. The second-order valence-electron chi connectivity index (χ2n) is 6.49. The van der Waals surface area contributed by atoms with E-state index in [0.717, 1.165) is 28.2 Å². The number of ether oxygens (including phenoxy) is 2. The van der Waals surface area contributed by atoms with Gasteiger partial charge in [0.1, 0.15) is 23.9 Å². The first-order chi connectivity index (χ1) is 14.7. The van der Waals surface area contributed by atoms with Crippen molar-refractivity contribution in [3.05, 3.63) is 89.7 Å². The largest absolute Gasteiger partial charge is 0.497 e. The zero-order chi connectivity index (χ0) is 20.8. The zero-order valence-corrected chi connectivity index (χ0v) is 16.3. The van der Waals surface area contributed by atoms with Gasteiger partial charge in [-0.2, -0.15) is 5.10 Å². The molecule has 0 aliphatic heterocycles. The van der Waals surface area contributed by atoms with Crippen molar-refractivity contribution in [3.8, 4) is 11.5 Å². The predicted octanol–water partition coefficient (Wildman–Crippen LogP) is 3.91. The van der Waals surface area contributed by atoms with Crippen molar-refractivity contribution in [3.63, 3.8) is 0 Å². The Morgan fingerprint density at radius 3 is 2.50 bits per heavy atom. The lowest BCUT2D eigenvalue weighted by atomic mass is 10.2. The number of nitrogens with zero attached hydrogens (tertiary/aromatic N) is 2. The molecule has 0 unspecified atom stereocenters. The highest BCUT2D eigenvalue weighted by Gasteiger charge is 2.06. The van der Waals surface area contributed by atoms with Crippen LogP contribution in [0.15, 0.2) is 77.9 Å². The van der Waals surface area contributed by atoms with E-state index in [-0.39, 0.29) is 5.91 Å². The lowest BCUT2D eigenvalue weighted by molar-refractivity contribution is 0.0955. The maximum atomic E-state index is 12.2.